The maximum absolute atomic E-state index is 12.9. The third-order valence-electron chi connectivity index (χ3n) is 5.19. The summed E-state index contributed by atoms with van der Waals surface area (Å²) in [4.78, 5) is 38.9. The van der Waals surface area contributed by atoms with Crippen LogP contribution in [0.2, 0.25) is 0 Å². The summed E-state index contributed by atoms with van der Waals surface area (Å²) in [6.07, 6.45) is 4.31. The number of amides is 1. The molecule has 3 rings (SSSR count). The maximum atomic E-state index is 12.9. The van der Waals surface area contributed by atoms with Gasteiger partial charge in [-0.2, -0.15) is 0 Å². The smallest absolute Gasteiger partial charge is 0.255 e. The zero-order chi connectivity index (χ0) is 17.8. The molecule has 0 aromatic carbocycles. The van der Waals surface area contributed by atoms with E-state index in [2.05, 4.69) is 0 Å². The third-order valence-corrected chi connectivity index (χ3v) is 5.19. The summed E-state index contributed by atoms with van der Waals surface area (Å²) in [5, 5.41) is 20.5. The van der Waals surface area contributed by atoms with Crippen molar-refractivity contribution in [2.24, 2.45) is 23.5 Å². The zero-order valence-electron chi connectivity index (χ0n) is 13.5. The van der Waals surface area contributed by atoms with Crippen LogP contribution in [0.15, 0.2) is 34.8 Å². The van der Waals surface area contributed by atoms with Crippen molar-refractivity contribution in [3.05, 3.63) is 34.8 Å². The summed E-state index contributed by atoms with van der Waals surface area (Å²) >= 11 is 0. The van der Waals surface area contributed by atoms with Gasteiger partial charge >= 0.3 is 0 Å². The van der Waals surface area contributed by atoms with Crippen molar-refractivity contribution in [1.29, 1.82) is 0 Å². The van der Waals surface area contributed by atoms with Crippen LogP contribution in [-0.4, -0.2) is 52.7 Å². The Labute approximate surface area is 139 Å². The number of nitrogens with two attached hydrogens (primary N) is 1. The number of Topliss-reactive ketones (excluding diaryl/α,β-unsaturated/α-hetero) is 2. The predicted molar refractivity (Wildman–Crippen MR) is 84.8 cm³/mol. The first-order valence-electron chi connectivity index (χ1n) is 7.83. The van der Waals surface area contributed by atoms with Crippen LogP contribution in [-0.2, 0) is 14.4 Å². The van der Waals surface area contributed by atoms with Crippen LogP contribution in [0, 0.1) is 17.8 Å². The lowest BCUT2D eigenvalue weighted by molar-refractivity contribution is -0.136. The lowest BCUT2D eigenvalue weighted by Crippen LogP contribution is -2.55. The Morgan fingerprint density at radius 1 is 1.25 bits per heavy atom. The first-order valence-corrected chi connectivity index (χ1v) is 7.83. The molecule has 0 radical (unpaired) electrons. The Hall–Kier alpha value is -2.41. The molecule has 3 aliphatic rings. The Morgan fingerprint density at radius 3 is 2.50 bits per heavy atom. The number of carbonyl (C=O) groups excluding carboxylic acids is 3. The van der Waals surface area contributed by atoms with Gasteiger partial charge < -0.3 is 15.9 Å². The summed E-state index contributed by atoms with van der Waals surface area (Å²) in [5.74, 6) is -4.51. The van der Waals surface area contributed by atoms with Crippen LogP contribution in [0.1, 0.15) is 12.8 Å². The summed E-state index contributed by atoms with van der Waals surface area (Å²) in [6, 6.07) is -0.645. The van der Waals surface area contributed by atoms with Crippen molar-refractivity contribution in [2.75, 3.05) is 14.1 Å². The highest BCUT2D eigenvalue weighted by Crippen LogP contribution is 2.47. The summed E-state index contributed by atoms with van der Waals surface area (Å²) in [7, 11) is 3.42. The molecule has 0 spiro atoms. The number of rotatable bonds is 2. The minimum atomic E-state index is -1.10. The van der Waals surface area contributed by atoms with Crippen molar-refractivity contribution < 1.29 is 24.6 Å². The Balaban J connectivity index is 2.16. The fraction of sp³-hybridized carbons (Fsp3) is 0.471. The molecule has 0 aliphatic heterocycles. The van der Waals surface area contributed by atoms with Gasteiger partial charge in [0.1, 0.15) is 17.1 Å². The second-order valence-electron chi connectivity index (χ2n) is 6.77. The van der Waals surface area contributed by atoms with Gasteiger partial charge in [0.05, 0.1) is 12.0 Å². The van der Waals surface area contributed by atoms with E-state index in [0.29, 0.717) is 12.8 Å². The predicted octanol–water partition coefficient (Wildman–Crippen LogP) is 0.390. The monoisotopic (exact) mass is 332 g/mol. The average molecular weight is 332 g/mol. The SMILES string of the molecule is CN(C)[C@@H]1C(O)=C(C(N)=O)C(=O)C2C(=O)C3=C(O)C=CCC3CC21. The molecule has 7 heteroatoms. The standard InChI is InChI=1S/C17H20N2O5/c1-19(2)13-8-6-7-4-3-5-9(20)10(7)14(21)11(8)15(22)12(16(13)23)17(18)24/h3,5,7-8,11,13,20,23H,4,6H2,1-2H3,(H2,18,24)/t7?,8?,11?,13-/m0/s1. The molecular weight excluding hydrogens is 312 g/mol. The second-order valence-corrected chi connectivity index (χ2v) is 6.77. The fourth-order valence-electron chi connectivity index (χ4n) is 4.26. The van der Waals surface area contributed by atoms with E-state index in [0.717, 1.165) is 0 Å². The largest absolute Gasteiger partial charge is 0.510 e. The molecular formula is C17H20N2O5. The molecule has 0 aromatic rings. The van der Waals surface area contributed by atoms with Crippen molar-refractivity contribution in [2.45, 2.75) is 18.9 Å². The zero-order valence-corrected chi connectivity index (χ0v) is 13.5. The minimum absolute atomic E-state index is 0.122. The number of aliphatic hydroxyl groups is 2. The molecule has 0 saturated heterocycles. The number of hydrogen-bond donors (Lipinski definition) is 3. The molecule has 3 unspecified atom stereocenters. The van der Waals surface area contributed by atoms with Crippen LogP contribution in [0.3, 0.4) is 0 Å². The lowest BCUT2D eigenvalue weighted by Gasteiger charge is -2.45. The van der Waals surface area contributed by atoms with E-state index >= 15 is 0 Å². The molecule has 24 heavy (non-hydrogen) atoms. The number of primary amides is 1. The first kappa shape index (κ1) is 16.4. The van der Waals surface area contributed by atoms with Gasteiger partial charge in [-0.25, -0.2) is 0 Å². The van der Waals surface area contributed by atoms with Crippen LogP contribution in [0.4, 0.5) is 0 Å². The number of fused-ring (bicyclic) bond motifs is 2. The van der Waals surface area contributed by atoms with E-state index in [-0.39, 0.29) is 23.0 Å². The molecule has 1 saturated carbocycles. The van der Waals surface area contributed by atoms with Crippen molar-refractivity contribution in [3.8, 4) is 0 Å². The van der Waals surface area contributed by atoms with E-state index in [9.17, 15) is 24.6 Å². The number of aliphatic hydroxyl groups excluding tert-OH is 2. The number of likely N-dealkylation sites (N-methyl/N-ethyl adjacent to an activating group) is 1. The van der Waals surface area contributed by atoms with E-state index in [1.807, 2.05) is 0 Å². The van der Waals surface area contributed by atoms with Crippen molar-refractivity contribution >= 4 is 17.5 Å². The van der Waals surface area contributed by atoms with E-state index < -0.39 is 40.9 Å². The van der Waals surface area contributed by atoms with Crippen molar-refractivity contribution in [1.82, 2.24) is 4.90 Å². The highest BCUT2D eigenvalue weighted by atomic mass is 16.3. The lowest BCUT2D eigenvalue weighted by atomic mass is 9.60. The van der Waals surface area contributed by atoms with Gasteiger partial charge in [0.2, 0.25) is 0 Å². The number of nitrogens with zero attached hydrogens (tertiary/aromatic N) is 1. The van der Waals surface area contributed by atoms with Gasteiger partial charge in [-0.05, 0) is 44.8 Å². The number of allylic oxidation sites excluding steroid dienone is 3. The van der Waals surface area contributed by atoms with Gasteiger partial charge in [0.25, 0.3) is 5.91 Å². The molecule has 3 aliphatic carbocycles. The minimum Gasteiger partial charge on any atom is -0.510 e. The van der Waals surface area contributed by atoms with Gasteiger partial charge in [-0.3, -0.25) is 19.3 Å². The topological polar surface area (TPSA) is 121 Å². The Bertz CT molecular complexity index is 731. The quantitative estimate of drug-likeness (QED) is 0.497. The van der Waals surface area contributed by atoms with Crippen LogP contribution in [0.25, 0.3) is 0 Å². The molecule has 4 N–H and O–H groups in total. The van der Waals surface area contributed by atoms with Gasteiger partial charge in [0.15, 0.2) is 11.6 Å². The highest BCUT2D eigenvalue weighted by molar-refractivity contribution is 6.27. The Kier molecular flexibility index (Phi) is 3.83. The highest BCUT2D eigenvalue weighted by Gasteiger charge is 2.54. The Morgan fingerprint density at radius 2 is 1.92 bits per heavy atom. The van der Waals surface area contributed by atoms with Gasteiger partial charge in [-0.1, -0.05) is 6.08 Å². The van der Waals surface area contributed by atoms with Crippen LogP contribution >= 0.6 is 0 Å². The second kappa shape index (κ2) is 5.59. The molecule has 1 amide bonds. The van der Waals surface area contributed by atoms with Crippen molar-refractivity contribution in [3.63, 3.8) is 0 Å². The molecule has 128 valence electrons. The van der Waals surface area contributed by atoms with E-state index in [4.69, 9.17) is 5.73 Å². The van der Waals surface area contributed by atoms with E-state index in [1.54, 1.807) is 25.1 Å². The summed E-state index contributed by atoms with van der Waals surface area (Å²) < 4.78 is 0. The summed E-state index contributed by atoms with van der Waals surface area (Å²) in [5.41, 5.74) is 5.00. The van der Waals surface area contributed by atoms with Gasteiger partial charge in [0, 0.05) is 5.57 Å². The molecule has 0 aromatic heterocycles. The maximum Gasteiger partial charge on any atom is 0.255 e. The number of hydrogen-bond acceptors (Lipinski definition) is 6. The molecule has 7 nitrogen and oxygen atoms in total. The number of carbonyl (C=O) groups is 3. The molecule has 0 bridgehead atoms. The van der Waals surface area contributed by atoms with E-state index in [1.165, 1.54) is 6.08 Å². The summed E-state index contributed by atoms with van der Waals surface area (Å²) in [6.45, 7) is 0. The van der Waals surface area contributed by atoms with Crippen LogP contribution < -0.4 is 5.73 Å². The molecule has 0 heterocycles. The first-order chi connectivity index (χ1) is 11.3. The third kappa shape index (κ3) is 2.19. The average Bonchev–Trinajstić information content (AvgIpc) is 2.45. The number of ketones is 2. The molecule has 1 fully saturated rings. The van der Waals surface area contributed by atoms with Gasteiger partial charge in [-0.15, -0.1) is 0 Å². The fourth-order valence-corrected chi connectivity index (χ4v) is 4.26. The normalized spacial score (nSPS) is 33.0. The molecule has 4 atom stereocenters. The van der Waals surface area contributed by atoms with Crippen LogP contribution in [0.5, 0.6) is 0 Å².